The topological polar surface area (TPSA) is 41.0 Å². The highest BCUT2D eigenvalue weighted by Gasteiger charge is 1.99. The zero-order valence-electron chi connectivity index (χ0n) is 10.3. The van der Waals surface area contributed by atoms with Gasteiger partial charge < -0.3 is 10.2 Å². The number of hydrogen-bond acceptors (Lipinski definition) is 4. The van der Waals surface area contributed by atoms with Crippen molar-refractivity contribution in [2.45, 2.75) is 26.8 Å². The van der Waals surface area contributed by atoms with Crippen molar-refractivity contribution in [1.29, 1.82) is 0 Å². The van der Waals surface area contributed by atoms with Gasteiger partial charge >= 0.3 is 0 Å². The molecule has 0 bridgehead atoms. The Morgan fingerprint density at radius 3 is 2.75 bits per heavy atom. The lowest BCUT2D eigenvalue weighted by atomic mass is 10.4. The normalized spacial score (nSPS) is 10.9. The van der Waals surface area contributed by atoms with Crippen molar-refractivity contribution in [2.75, 3.05) is 26.2 Å². The molecule has 0 atom stereocenters. The van der Waals surface area contributed by atoms with E-state index in [1.54, 1.807) is 18.6 Å². The number of aromatic nitrogens is 2. The van der Waals surface area contributed by atoms with E-state index in [-0.39, 0.29) is 0 Å². The smallest absolute Gasteiger partial charge is 0.0724 e. The second kappa shape index (κ2) is 8.19. The van der Waals surface area contributed by atoms with Crippen LogP contribution in [-0.4, -0.2) is 41.0 Å². The average Bonchev–Trinajstić information content (AvgIpc) is 2.34. The summed E-state index contributed by atoms with van der Waals surface area (Å²) in [4.78, 5) is 10.7. The molecule has 0 saturated carbocycles. The van der Waals surface area contributed by atoms with Crippen LogP contribution in [0.5, 0.6) is 0 Å². The van der Waals surface area contributed by atoms with E-state index in [2.05, 4.69) is 34.0 Å². The highest BCUT2D eigenvalue weighted by Crippen LogP contribution is 1.91. The van der Waals surface area contributed by atoms with Crippen LogP contribution in [0.1, 0.15) is 26.0 Å². The van der Waals surface area contributed by atoms with Crippen molar-refractivity contribution in [3.05, 3.63) is 24.3 Å². The van der Waals surface area contributed by atoms with Gasteiger partial charge in [-0.3, -0.25) is 9.97 Å². The summed E-state index contributed by atoms with van der Waals surface area (Å²) in [6, 6.07) is 0. The molecule has 0 spiro atoms. The molecule has 1 aromatic heterocycles. The first-order valence-electron chi connectivity index (χ1n) is 6.04. The maximum atomic E-state index is 4.21. The second-order valence-electron chi connectivity index (χ2n) is 3.81. The van der Waals surface area contributed by atoms with Gasteiger partial charge in [-0.15, -0.1) is 0 Å². The lowest BCUT2D eigenvalue weighted by Gasteiger charge is -2.19. The number of hydrogen-bond donors (Lipinski definition) is 1. The molecule has 1 rings (SSSR count). The summed E-state index contributed by atoms with van der Waals surface area (Å²) in [5, 5.41) is 3.38. The van der Waals surface area contributed by atoms with Crippen LogP contribution in [0.25, 0.3) is 0 Å². The SMILES string of the molecule is CCCN(CC)CCNCc1cnccn1. The van der Waals surface area contributed by atoms with Crippen LogP contribution in [0, 0.1) is 0 Å². The third-order valence-electron chi connectivity index (χ3n) is 2.51. The van der Waals surface area contributed by atoms with Crippen LogP contribution < -0.4 is 5.32 Å². The second-order valence-corrected chi connectivity index (χ2v) is 3.81. The Bertz CT molecular complexity index is 263. The third-order valence-corrected chi connectivity index (χ3v) is 2.51. The summed E-state index contributed by atoms with van der Waals surface area (Å²) in [7, 11) is 0. The Balaban J connectivity index is 2.11. The highest BCUT2D eigenvalue weighted by molar-refractivity contribution is 4.93. The van der Waals surface area contributed by atoms with Crippen molar-refractivity contribution in [2.24, 2.45) is 0 Å². The van der Waals surface area contributed by atoms with Crippen molar-refractivity contribution in [3.8, 4) is 0 Å². The van der Waals surface area contributed by atoms with Gasteiger partial charge in [-0.05, 0) is 19.5 Å². The Kier molecular flexibility index (Phi) is 6.69. The first kappa shape index (κ1) is 13.1. The van der Waals surface area contributed by atoms with E-state index in [0.717, 1.165) is 31.9 Å². The zero-order valence-corrected chi connectivity index (χ0v) is 10.3. The van der Waals surface area contributed by atoms with Crippen LogP contribution >= 0.6 is 0 Å². The van der Waals surface area contributed by atoms with Gasteiger partial charge in [0.05, 0.1) is 5.69 Å². The van der Waals surface area contributed by atoms with Gasteiger partial charge in [0, 0.05) is 38.2 Å². The van der Waals surface area contributed by atoms with Gasteiger partial charge in [0.25, 0.3) is 0 Å². The van der Waals surface area contributed by atoms with Crippen LogP contribution in [0.2, 0.25) is 0 Å². The molecule has 0 saturated heterocycles. The summed E-state index contributed by atoms with van der Waals surface area (Å²) in [5.74, 6) is 0. The molecule has 1 heterocycles. The van der Waals surface area contributed by atoms with Crippen molar-refractivity contribution < 1.29 is 0 Å². The van der Waals surface area contributed by atoms with E-state index < -0.39 is 0 Å². The van der Waals surface area contributed by atoms with Gasteiger partial charge in [0.15, 0.2) is 0 Å². The van der Waals surface area contributed by atoms with Crippen molar-refractivity contribution in [1.82, 2.24) is 20.2 Å². The minimum atomic E-state index is 0.803. The van der Waals surface area contributed by atoms with E-state index in [1.165, 1.54) is 13.0 Å². The number of rotatable bonds is 8. The third kappa shape index (κ3) is 5.19. The van der Waals surface area contributed by atoms with Gasteiger partial charge in [0.1, 0.15) is 0 Å². The quantitative estimate of drug-likeness (QED) is 0.673. The molecule has 1 aromatic rings. The summed E-state index contributed by atoms with van der Waals surface area (Å²) >= 11 is 0. The molecule has 0 aromatic carbocycles. The first-order valence-corrected chi connectivity index (χ1v) is 6.04. The fourth-order valence-electron chi connectivity index (χ4n) is 1.62. The summed E-state index contributed by atoms with van der Waals surface area (Å²) in [6.45, 7) is 9.64. The van der Waals surface area contributed by atoms with E-state index in [9.17, 15) is 0 Å². The molecule has 0 amide bonds. The molecule has 4 heteroatoms. The van der Waals surface area contributed by atoms with Crippen LogP contribution in [0.4, 0.5) is 0 Å². The van der Waals surface area contributed by atoms with Gasteiger partial charge in [-0.25, -0.2) is 0 Å². The summed E-state index contributed by atoms with van der Waals surface area (Å²) in [6.07, 6.45) is 6.45. The van der Waals surface area contributed by atoms with Crippen molar-refractivity contribution >= 4 is 0 Å². The molecule has 0 aliphatic heterocycles. The van der Waals surface area contributed by atoms with Crippen LogP contribution in [0.3, 0.4) is 0 Å². The molecule has 0 aliphatic rings. The number of nitrogens with one attached hydrogen (secondary N) is 1. The molecule has 4 nitrogen and oxygen atoms in total. The highest BCUT2D eigenvalue weighted by atomic mass is 15.1. The minimum absolute atomic E-state index is 0.803. The predicted molar refractivity (Wildman–Crippen MR) is 66.1 cm³/mol. The molecular formula is C12H22N4. The van der Waals surface area contributed by atoms with Gasteiger partial charge in [-0.1, -0.05) is 13.8 Å². The van der Waals surface area contributed by atoms with E-state index in [0.29, 0.717) is 0 Å². The van der Waals surface area contributed by atoms with Crippen LogP contribution in [0.15, 0.2) is 18.6 Å². The summed E-state index contributed by atoms with van der Waals surface area (Å²) in [5.41, 5.74) is 1.00. The Morgan fingerprint density at radius 1 is 1.25 bits per heavy atom. The standard InChI is InChI=1S/C12H22N4/c1-3-8-16(4-2)9-7-14-11-12-10-13-5-6-15-12/h5-6,10,14H,3-4,7-9,11H2,1-2H3. The average molecular weight is 222 g/mol. The van der Waals surface area contributed by atoms with E-state index in [1.807, 2.05) is 0 Å². The molecule has 16 heavy (non-hydrogen) atoms. The fraction of sp³-hybridized carbons (Fsp3) is 0.667. The molecule has 1 N–H and O–H groups in total. The zero-order chi connectivity index (χ0) is 11.6. The lowest BCUT2D eigenvalue weighted by molar-refractivity contribution is 0.287. The Morgan fingerprint density at radius 2 is 2.12 bits per heavy atom. The Labute approximate surface area is 98.1 Å². The maximum Gasteiger partial charge on any atom is 0.0724 e. The summed E-state index contributed by atoms with van der Waals surface area (Å²) < 4.78 is 0. The van der Waals surface area contributed by atoms with E-state index >= 15 is 0 Å². The van der Waals surface area contributed by atoms with Crippen LogP contribution in [-0.2, 0) is 6.54 Å². The monoisotopic (exact) mass is 222 g/mol. The first-order chi connectivity index (χ1) is 7.86. The molecule has 0 fully saturated rings. The largest absolute Gasteiger partial charge is 0.310 e. The fourth-order valence-corrected chi connectivity index (χ4v) is 1.62. The molecule has 0 aliphatic carbocycles. The molecular weight excluding hydrogens is 200 g/mol. The molecule has 0 radical (unpaired) electrons. The minimum Gasteiger partial charge on any atom is -0.310 e. The molecule has 0 unspecified atom stereocenters. The van der Waals surface area contributed by atoms with Gasteiger partial charge in [-0.2, -0.15) is 0 Å². The van der Waals surface area contributed by atoms with E-state index in [4.69, 9.17) is 0 Å². The predicted octanol–water partition coefficient (Wildman–Crippen LogP) is 1.30. The molecule has 90 valence electrons. The van der Waals surface area contributed by atoms with Gasteiger partial charge in [0.2, 0.25) is 0 Å². The number of nitrogens with zero attached hydrogens (tertiary/aromatic N) is 3. The maximum absolute atomic E-state index is 4.21. The Hall–Kier alpha value is -1.00. The lowest BCUT2D eigenvalue weighted by Crippen LogP contribution is -2.32. The number of likely N-dealkylation sites (N-methyl/N-ethyl adjacent to an activating group) is 1. The van der Waals surface area contributed by atoms with Crippen molar-refractivity contribution in [3.63, 3.8) is 0 Å².